The van der Waals surface area contributed by atoms with E-state index in [4.69, 9.17) is 16.3 Å². The highest BCUT2D eigenvalue weighted by molar-refractivity contribution is 8.18. The first-order valence-corrected chi connectivity index (χ1v) is 10.7. The molecule has 0 saturated carbocycles. The minimum absolute atomic E-state index is 0.118. The number of rotatable bonds is 6. The van der Waals surface area contributed by atoms with Gasteiger partial charge in [-0.15, -0.1) is 0 Å². The van der Waals surface area contributed by atoms with E-state index in [1.807, 2.05) is 42.5 Å². The Morgan fingerprint density at radius 2 is 1.71 bits per heavy atom. The monoisotopic (exact) mass is 453 g/mol. The molecule has 0 unspecified atom stereocenters. The van der Waals surface area contributed by atoms with Crippen molar-refractivity contribution in [2.24, 2.45) is 0 Å². The van der Waals surface area contributed by atoms with Crippen molar-refractivity contribution >= 4 is 40.6 Å². The van der Waals surface area contributed by atoms with E-state index in [0.717, 1.165) is 27.8 Å². The van der Waals surface area contributed by atoms with Crippen molar-refractivity contribution in [2.45, 2.75) is 13.2 Å². The lowest BCUT2D eigenvalue weighted by atomic mass is 10.2. The first-order chi connectivity index (χ1) is 15.0. The van der Waals surface area contributed by atoms with Crippen LogP contribution < -0.4 is 4.74 Å². The number of benzene rings is 3. The number of nitrogens with zero attached hydrogens (tertiary/aromatic N) is 1. The van der Waals surface area contributed by atoms with Gasteiger partial charge in [0.05, 0.1) is 11.4 Å². The Bertz CT molecular complexity index is 1130. The highest BCUT2D eigenvalue weighted by atomic mass is 35.5. The average Bonchev–Trinajstić information content (AvgIpc) is 3.03. The van der Waals surface area contributed by atoms with Crippen molar-refractivity contribution in [3.8, 4) is 5.75 Å². The van der Waals surface area contributed by atoms with Gasteiger partial charge in [-0.25, -0.2) is 4.39 Å². The molecule has 1 heterocycles. The van der Waals surface area contributed by atoms with Crippen LogP contribution in [0.3, 0.4) is 0 Å². The lowest BCUT2D eigenvalue weighted by molar-refractivity contribution is -0.123. The molecule has 3 aromatic rings. The summed E-state index contributed by atoms with van der Waals surface area (Å²) in [4.78, 5) is 26.3. The molecule has 4 rings (SSSR count). The maximum atomic E-state index is 14.0. The molecule has 1 aliphatic heterocycles. The normalized spacial score (nSPS) is 15.0. The predicted octanol–water partition coefficient (Wildman–Crippen LogP) is 6.29. The Balaban J connectivity index is 1.44. The fourth-order valence-corrected chi connectivity index (χ4v) is 4.09. The first kappa shape index (κ1) is 21.2. The number of carbonyl (C=O) groups excluding carboxylic acids is 2. The van der Waals surface area contributed by atoms with Crippen LogP contribution >= 0.6 is 23.4 Å². The van der Waals surface area contributed by atoms with Gasteiger partial charge in [0.2, 0.25) is 0 Å². The van der Waals surface area contributed by atoms with Crippen LogP contribution in [0.5, 0.6) is 5.75 Å². The Morgan fingerprint density at radius 3 is 2.42 bits per heavy atom. The number of halogens is 2. The molecule has 0 N–H and O–H groups in total. The molecule has 2 amide bonds. The summed E-state index contributed by atoms with van der Waals surface area (Å²) in [5.41, 5.74) is 1.93. The third kappa shape index (κ3) is 4.98. The zero-order valence-corrected chi connectivity index (χ0v) is 17.8. The maximum Gasteiger partial charge on any atom is 0.293 e. The zero-order chi connectivity index (χ0) is 21.8. The van der Waals surface area contributed by atoms with Crippen molar-refractivity contribution in [1.82, 2.24) is 4.90 Å². The summed E-state index contributed by atoms with van der Waals surface area (Å²) in [6.07, 6.45) is 1.63. The number of amides is 2. The van der Waals surface area contributed by atoms with Crippen LogP contribution in [0.1, 0.15) is 16.7 Å². The van der Waals surface area contributed by atoms with E-state index >= 15 is 0 Å². The van der Waals surface area contributed by atoms with Gasteiger partial charge in [0.15, 0.2) is 0 Å². The van der Waals surface area contributed by atoms with E-state index in [-0.39, 0.29) is 22.0 Å². The Morgan fingerprint density at radius 1 is 0.968 bits per heavy atom. The molecule has 156 valence electrons. The highest BCUT2D eigenvalue weighted by Crippen LogP contribution is 2.34. The molecule has 3 aromatic carbocycles. The van der Waals surface area contributed by atoms with Gasteiger partial charge in [0.1, 0.15) is 18.2 Å². The summed E-state index contributed by atoms with van der Waals surface area (Å²) in [5.74, 6) is -0.330. The minimum Gasteiger partial charge on any atom is -0.489 e. The van der Waals surface area contributed by atoms with Crippen LogP contribution in [-0.2, 0) is 17.9 Å². The quantitative estimate of drug-likeness (QED) is 0.411. The molecule has 1 aliphatic rings. The van der Waals surface area contributed by atoms with E-state index in [2.05, 4.69) is 0 Å². The number of carbonyl (C=O) groups is 2. The fourth-order valence-electron chi connectivity index (χ4n) is 3.03. The summed E-state index contributed by atoms with van der Waals surface area (Å²) in [6, 6.07) is 21.3. The molecule has 4 nitrogen and oxygen atoms in total. The van der Waals surface area contributed by atoms with E-state index < -0.39 is 17.0 Å². The molecule has 0 atom stereocenters. The summed E-state index contributed by atoms with van der Waals surface area (Å²) in [6.45, 7) is 0.247. The number of hydrogen-bond acceptors (Lipinski definition) is 4. The van der Waals surface area contributed by atoms with Crippen molar-refractivity contribution in [1.29, 1.82) is 0 Å². The van der Waals surface area contributed by atoms with Gasteiger partial charge < -0.3 is 4.74 Å². The zero-order valence-electron chi connectivity index (χ0n) is 16.3. The topological polar surface area (TPSA) is 46.6 Å². The van der Waals surface area contributed by atoms with Crippen LogP contribution in [0.25, 0.3) is 6.08 Å². The van der Waals surface area contributed by atoms with Gasteiger partial charge in [-0.05, 0) is 53.2 Å². The second-order valence-electron chi connectivity index (χ2n) is 6.81. The largest absolute Gasteiger partial charge is 0.489 e. The average molecular weight is 454 g/mol. The lowest BCUT2D eigenvalue weighted by Gasteiger charge is -2.14. The maximum absolute atomic E-state index is 14.0. The third-order valence-corrected chi connectivity index (χ3v) is 5.94. The van der Waals surface area contributed by atoms with E-state index in [9.17, 15) is 14.0 Å². The molecule has 0 spiro atoms. The summed E-state index contributed by atoms with van der Waals surface area (Å²) >= 11 is 6.85. The fraction of sp³-hybridized carbons (Fsp3) is 0.0833. The molecule has 1 fully saturated rings. The van der Waals surface area contributed by atoms with Crippen molar-refractivity contribution < 1.29 is 18.7 Å². The van der Waals surface area contributed by atoms with Gasteiger partial charge in [-0.2, -0.15) is 0 Å². The van der Waals surface area contributed by atoms with E-state index in [0.29, 0.717) is 12.4 Å². The molecule has 7 heteroatoms. The van der Waals surface area contributed by atoms with Gasteiger partial charge in [-0.1, -0.05) is 60.1 Å². The van der Waals surface area contributed by atoms with Gasteiger partial charge in [0.25, 0.3) is 11.1 Å². The van der Waals surface area contributed by atoms with Gasteiger partial charge >= 0.3 is 0 Å². The van der Waals surface area contributed by atoms with Crippen LogP contribution in [0.15, 0.2) is 77.7 Å². The summed E-state index contributed by atoms with van der Waals surface area (Å²) in [7, 11) is 0. The summed E-state index contributed by atoms with van der Waals surface area (Å²) in [5, 5.41) is -0.285. The Hall–Kier alpha value is -3.09. The molecule has 0 aromatic heterocycles. The Kier molecular flexibility index (Phi) is 6.39. The van der Waals surface area contributed by atoms with Gasteiger partial charge in [0, 0.05) is 10.6 Å². The Labute approximate surface area is 188 Å². The molecule has 1 saturated heterocycles. The molecular formula is C24H17ClFNO3S. The minimum atomic E-state index is -0.554. The van der Waals surface area contributed by atoms with Crippen LogP contribution in [0.2, 0.25) is 5.02 Å². The van der Waals surface area contributed by atoms with E-state index in [1.54, 1.807) is 18.2 Å². The highest BCUT2D eigenvalue weighted by Gasteiger charge is 2.35. The first-order valence-electron chi connectivity index (χ1n) is 9.46. The number of thioether (sulfide) groups is 1. The third-order valence-electron chi connectivity index (χ3n) is 4.68. The van der Waals surface area contributed by atoms with Gasteiger partial charge in [-0.3, -0.25) is 14.5 Å². The smallest absolute Gasteiger partial charge is 0.293 e. The molecular weight excluding hydrogens is 437 g/mol. The lowest BCUT2D eigenvalue weighted by Crippen LogP contribution is -2.28. The molecule has 0 radical (unpaired) electrons. The van der Waals surface area contributed by atoms with Crippen LogP contribution in [0.4, 0.5) is 9.18 Å². The second-order valence-corrected chi connectivity index (χ2v) is 8.21. The predicted molar refractivity (Wildman–Crippen MR) is 120 cm³/mol. The molecule has 31 heavy (non-hydrogen) atoms. The number of imide groups is 1. The van der Waals surface area contributed by atoms with Crippen LogP contribution in [0, 0.1) is 5.82 Å². The van der Waals surface area contributed by atoms with Crippen LogP contribution in [-0.4, -0.2) is 16.0 Å². The molecule has 0 aliphatic carbocycles. The number of hydrogen-bond donors (Lipinski definition) is 0. The molecule has 0 bridgehead atoms. The second kappa shape index (κ2) is 9.37. The van der Waals surface area contributed by atoms with Crippen molar-refractivity contribution in [3.05, 3.63) is 105 Å². The van der Waals surface area contributed by atoms with Crippen molar-refractivity contribution in [3.63, 3.8) is 0 Å². The van der Waals surface area contributed by atoms with Crippen molar-refractivity contribution in [2.75, 3.05) is 0 Å². The SMILES string of the molecule is O=C1S/C(=C/c2ccc(OCc3ccccc3)cc2)C(=O)N1Cc1c(F)cccc1Cl. The summed E-state index contributed by atoms with van der Waals surface area (Å²) < 4.78 is 19.8. The standard InChI is InChI=1S/C24H17ClFNO3S/c25-20-7-4-8-21(26)19(20)14-27-23(28)22(31-24(27)29)13-16-9-11-18(12-10-16)30-15-17-5-2-1-3-6-17/h1-13H,14-15H2/b22-13+. The van der Waals surface area contributed by atoms with E-state index in [1.165, 1.54) is 18.2 Å². The number of ether oxygens (including phenoxy) is 1.